The highest BCUT2D eigenvalue weighted by molar-refractivity contribution is 5.80. The predicted octanol–water partition coefficient (Wildman–Crippen LogP) is 0.836. The summed E-state index contributed by atoms with van der Waals surface area (Å²) in [7, 11) is 0. The van der Waals surface area contributed by atoms with Crippen molar-refractivity contribution in [3.63, 3.8) is 0 Å². The number of nitrogens with two attached hydrogens (primary N) is 1. The van der Waals surface area contributed by atoms with Gasteiger partial charge in [-0.25, -0.2) is 0 Å². The van der Waals surface area contributed by atoms with Crippen LogP contribution in [-0.2, 0) is 14.3 Å². The molecule has 0 aliphatic carbocycles. The highest BCUT2D eigenvalue weighted by atomic mass is 16.6. The average molecular weight is 201 g/mol. The van der Waals surface area contributed by atoms with Gasteiger partial charge in [-0.05, 0) is 13.3 Å². The van der Waals surface area contributed by atoms with E-state index in [0.717, 1.165) is 12.8 Å². The van der Waals surface area contributed by atoms with Crippen LogP contribution < -0.4 is 5.73 Å². The van der Waals surface area contributed by atoms with Crippen molar-refractivity contribution in [1.29, 1.82) is 0 Å². The van der Waals surface area contributed by atoms with Crippen molar-refractivity contribution in [2.45, 2.75) is 44.8 Å². The van der Waals surface area contributed by atoms with Crippen molar-refractivity contribution in [2.75, 3.05) is 13.2 Å². The van der Waals surface area contributed by atoms with Gasteiger partial charge in [0.1, 0.15) is 11.6 Å². The maximum Gasteiger partial charge on any atom is 0.326 e. The molecule has 1 saturated heterocycles. The van der Waals surface area contributed by atoms with Gasteiger partial charge in [0.2, 0.25) is 0 Å². The molecule has 0 aromatic carbocycles. The number of rotatable bonds is 4. The second-order valence-electron chi connectivity index (χ2n) is 4.06. The van der Waals surface area contributed by atoms with Crippen LogP contribution in [0.5, 0.6) is 0 Å². The van der Waals surface area contributed by atoms with E-state index >= 15 is 0 Å². The normalized spacial score (nSPS) is 25.8. The van der Waals surface area contributed by atoms with Crippen molar-refractivity contribution in [1.82, 2.24) is 0 Å². The van der Waals surface area contributed by atoms with Gasteiger partial charge in [0.05, 0.1) is 13.2 Å². The molecule has 1 heterocycles. The molecule has 1 rings (SSSR count). The molecule has 14 heavy (non-hydrogen) atoms. The number of hydrogen-bond acceptors (Lipinski definition) is 4. The van der Waals surface area contributed by atoms with Crippen molar-refractivity contribution in [3.05, 3.63) is 0 Å². The molecular weight excluding hydrogens is 182 g/mol. The van der Waals surface area contributed by atoms with Crippen LogP contribution in [0.4, 0.5) is 0 Å². The molecule has 0 saturated carbocycles. The zero-order chi connectivity index (χ0) is 10.6. The summed E-state index contributed by atoms with van der Waals surface area (Å²) >= 11 is 0. The van der Waals surface area contributed by atoms with Gasteiger partial charge in [-0.15, -0.1) is 0 Å². The van der Waals surface area contributed by atoms with Gasteiger partial charge in [0.25, 0.3) is 0 Å². The molecule has 82 valence electrons. The highest BCUT2D eigenvalue weighted by Crippen LogP contribution is 2.15. The van der Waals surface area contributed by atoms with Crippen molar-refractivity contribution < 1.29 is 14.3 Å². The molecule has 0 spiro atoms. The van der Waals surface area contributed by atoms with Crippen LogP contribution in [0.15, 0.2) is 0 Å². The van der Waals surface area contributed by atoms with Crippen LogP contribution in [0.2, 0.25) is 0 Å². The average Bonchev–Trinajstić information content (AvgIpc) is 2.56. The Morgan fingerprint density at radius 2 is 2.43 bits per heavy atom. The third kappa shape index (κ3) is 2.96. The van der Waals surface area contributed by atoms with E-state index in [0.29, 0.717) is 19.6 Å². The van der Waals surface area contributed by atoms with Crippen molar-refractivity contribution in [3.8, 4) is 0 Å². The van der Waals surface area contributed by atoms with Crippen LogP contribution >= 0.6 is 0 Å². The van der Waals surface area contributed by atoms with E-state index in [-0.39, 0.29) is 12.1 Å². The lowest BCUT2D eigenvalue weighted by Gasteiger charge is -2.23. The fourth-order valence-electron chi connectivity index (χ4n) is 1.51. The molecule has 0 aromatic heterocycles. The molecule has 4 nitrogen and oxygen atoms in total. The Bertz CT molecular complexity index is 198. The van der Waals surface area contributed by atoms with E-state index in [2.05, 4.69) is 0 Å². The summed E-state index contributed by atoms with van der Waals surface area (Å²) in [4.78, 5) is 11.6. The SMILES string of the molecule is CCCC(C)(N)C(=O)OC1CCOC1. The summed E-state index contributed by atoms with van der Waals surface area (Å²) in [6.45, 7) is 4.90. The Kier molecular flexibility index (Phi) is 3.89. The molecule has 1 aliphatic rings. The molecule has 4 heteroatoms. The second-order valence-corrected chi connectivity index (χ2v) is 4.06. The van der Waals surface area contributed by atoms with Crippen LogP contribution in [0, 0.1) is 0 Å². The Labute approximate surface area is 84.7 Å². The topological polar surface area (TPSA) is 61.6 Å². The summed E-state index contributed by atoms with van der Waals surface area (Å²) in [6, 6.07) is 0. The smallest absolute Gasteiger partial charge is 0.326 e. The quantitative estimate of drug-likeness (QED) is 0.684. The van der Waals surface area contributed by atoms with Gasteiger partial charge in [-0.1, -0.05) is 13.3 Å². The fraction of sp³-hybridized carbons (Fsp3) is 0.900. The highest BCUT2D eigenvalue weighted by Gasteiger charge is 2.32. The fourth-order valence-corrected chi connectivity index (χ4v) is 1.51. The monoisotopic (exact) mass is 201 g/mol. The first-order valence-electron chi connectivity index (χ1n) is 5.14. The minimum absolute atomic E-state index is 0.0952. The zero-order valence-corrected chi connectivity index (χ0v) is 8.91. The molecule has 0 aromatic rings. The van der Waals surface area contributed by atoms with Gasteiger partial charge >= 0.3 is 5.97 Å². The third-order valence-corrected chi connectivity index (χ3v) is 2.40. The van der Waals surface area contributed by atoms with Gasteiger partial charge in [0, 0.05) is 6.42 Å². The van der Waals surface area contributed by atoms with Crippen LogP contribution in [0.3, 0.4) is 0 Å². The van der Waals surface area contributed by atoms with Gasteiger partial charge in [0.15, 0.2) is 0 Å². The van der Waals surface area contributed by atoms with E-state index in [1.165, 1.54) is 0 Å². The number of carbonyl (C=O) groups excluding carboxylic acids is 1. The molecule has 2 unspecified atom stereocenters. The summed E-state index contributed by atoms with van der Waals surface area (Å²) in [5.74, 6) is -0.310. The first-order chi connectivity index (χ1) is 6.56. The molecular formula is C10H19NO3. The molecule has 2 N–H and O–H groups in total. The zero-order valence-electron chi connectivity index (χ0n) is 8.91. The van der Waals surface area contributed by atoms with Crippen molar-refractivity contribution in [2.24, 2.45) is 5.73 Å². The summed E-state index contributed by atoms with van der Waals surface area (Å²) in [5.41, 5.74) is 4.98. The molecule has 1 fully saturated rings. The lowest BCUT2D eigenvalue weighted by atomic mass is 9.98. The molecule has 0 bridgehead atoms. The molecule has 0 radical (unpaired) electrons. The summed E-state index contributed by atoms with van der Waals surface area (Å²) in [6.07, 6.45) is 2.22. The third-order valence-electron chi connectivity index (χ3n) is 2.40. The van der Waals surface area contributed by atoms with Gasteiger partial charge < -0.3 is 15.2 Å². The molecule has 2 atom stereocenters. The molecule has 0 amide bonds. The van der Waals surface area contributed by atoms with E-state index in [1.54, 1.807) is 6.92 Å². The van der Waals surface area contributed by atoms with Crippen LogP contribution in [0.25, 0.3) is 0 Å². The maximum absolute atomic E-state index is 11.6. The minimum Gasteiger partial charge on any atom is -0.458 e. The van der Waals surface area contributed by atoms with E-state index in [9.17, 15) is 4.79 Å². The number of ether oxygens (including phenoxy) is 2. The second kappa shape index (κ2) is 4.75. The van der Waals surface area contributed by atoms with Crippen LogP contribution in [-0.4, -0.2) is 30.8 Å². The number of esters is 1. The Morgan fingerprint density at radius 3 is 2.93 bits per heavy atom. The maximum atomic E-state index is 11.6. The Hall–Kier alpha value is -0.610. The van der Waals surface area contributed by atoms with Gasteiger partial charge in [-0.2, -0.15) is 0 Å². The lowest BCUT2D eigenvalue weighted by molar-refractivity contribution is -0.155. The summed E-state index contributed by atoms with van der Waals surface area (Å²) < 4.78 is 10.4. The standard InChI is InChI=1S/C10H19NO3/c1-3-5-10(2,11)9(12)14-8-4-6-13-7-8/h8H,3-7,11H2,1-2H3. The van der Waals surface area contributed by atoms with E-state index in [4.69, 9.17) is 15.2 Å². The van der Waals surface area contributed by atoms with E-state index < -0.39 is 5.54 Å². The first kappa shape index (κ1) is 11.5. The van der Waals surface area contributed by atoms with Gasteiger partial charge in [-0.3, -0.25) is 4.79 Å². The van der Waals surface area contributed by atoms with E-state index in [1.807, 2.05) is 6.92 Å². The summed E-state index contributed by atoms with van der Waals surface area (Å²) in [5, 5.41) is 0. The van der Waals surface area contributed by atoms with Crippen molar-refractivity contribution >= 4 is 5.97 Å². The Balaban J connectivity index is 2.39. The number of hydrogen-bond donors (Lipinski definition) is 1. The molecule has 1 aliphatic heterocycles. The van der Waals surface area contributed by atoms with Crippen LogP contribution in [0.1, 0.15) is 33.1 Å². The lowest BCUT2D eigenvalue weighted by Crippen LogP contribution is -2.47. The predicted molar refractivity (Wildman–Crippen MR) is 52.8 cm³/mol. The number of carbonyl (C=O) groups is 1. The first-order valence-corrected chi connectivity index (χ1v) is 5.14. The minimum atomic E-state index is -0.850. The Morgan fingerprint density at radius 1 is 1.71 bits per heavy atom. The largest absolute Gasteiger partial charge is 0.458 e.